The van der Waals surface area contributed by atoms with Gasteiger partial charge >= 0.3 is 0 Å². The van der Waals surface area contributed by atoms with Crippen LogP contribution in [0.2, 0.25) is 0 Å². The lowest BCUT2D eigenvalue weighted by molar-refractivity contribution is -0.130. The molecule has 0 bridgehead atoms. The summed E-state index contributed by atoms with van der Waals surface area (Å²) in [7, 11) is 1.57. The summed E-state index contributed by atoms with van der Waals surface area (Å²) >= 11 is 0. The van der Waals surface area contributed by atoms with Crippen molar-refractivity contribution in [3.05, 3.63) is 29.8 Å². The SMILES string of the molecule is COc1cccc(C(=O)N2CCC[C@H]2C(=O)C(C)(C)C)c1. The van der Waals surface area contributed by atoms with Crippen molar-refractivity contribution < 1.29 is 14.3 Å². The quantitative estimate of drug-likeness (QED) is 0.859. The van der Waals surface area contributed by atoms with E-state index < -0.39 is 5.41 Å². The van der Waals surface area contributed by atoms with Gasteiger partial charge < -0.3 is 9.64 Å². The number of hydrogen-bond acceptors (Lipinski definition) is 3. The Morgan fingerprint density at radius 3 is 2.62 bits per heavy atom. The highest BCUT2D eigenvalue weighted by Crippen LogP contribution is 2.28. The third kappa shape index (κ3) is 3.26. The van der Waals surface area contributed by atoms with E-state index in [-0.39, 0.29) is 17.7 Å². The smallest absolute Gasteiger partial charge is 0.254 e. The number of benzene rings is 1. The molecule has 1 aromatic carbocycles. The first kappa shape index (κ1) is 15.5. The summed E-state index contributed by atoms with van der Waals surface area (Å²) in [4.78, 5) is 26.9. The van der Waals surface area contributed by atoms with Crippen molar-refractivity contribution in [3.8, 4) is 5.75 Å². The van der Waals surface area contributed by atoms with Gasteiger partial charge in [0.2, 0.25) is 0 Å². The third-order valence-corrected chi connectivity index (χ3v) is 3.87. The van der Waals surface area contributed by atoms with Gasteiger partial charge in [0.15, 0.2) is 5.78 Å². The van der Waals surface area contributed by atoms with Crippen LogP contribution < -0.4 is 4.74 Å². The third-order valence-electron chi connectivity index (χ3n) is 3.87. The fourth-order valence-electron chi connectivity index (χ4n) is 2.70. The Kier molecular flexibility index (Phi) is 4.35. The number of nitrogens with zero attached hydrogens (tertiary/aromatic N) is 1. The van der Waals surface area contributed by atoms with Gasteiger partial charge in [0.05, 0.1) is 13.2 Å². The van der Waals surface area contributed by atoms with Crippen LogP contribution >= 0.6 is 0 Å². The van der Waals surface area contributed by atoms with E-state index >= 15 is 0 Å². The minimum Gasteiger partial charge on any atom is -0.497 e. The molecule has 1 aliphatic heterocycles. The highest BCUT2D eigenvalue weighted by atomic mass is 16.5. The zero-order chi connectivity index (χ0) is 15.6. The number of likely N-dealkylation sites (tertiary alicyclic amines) is 1. The maximum atomic E-state index is 12.7. The number of rotatable bonds is 3. The van der Waals surface area contributed by atoms with E-state index in [0.717, 1.165) is 12.8 Å². The van der Waals surface area contributed by atoms with Gasteiger partial charge in [-0.3, -0.25) is 9.59 Å². The summed E-state index contributed by atoms with van der Waals surface area (Å²) in [5.41, 5.74) is 0.144. The summed E-state index contributed by atoms with van der Waals surface area (Å²) in [6, 6.07) is 6.78. The van der Waals surface area contributed by atoms with Crippen LogP contribution in [-0.2, 0) is 4.79 Å². The molecule has 1 saturated heterocycles. The van der Waals surface area contributed by atoms with Crippen molar-refractivity contribution in [2.45, 2.75) is 39.7 Å². The summed E-state index contributed by atoms with van der Waals surface area (Å²) in [6.45, 7) is 6.36. The van der Waals surface area contributed by atoms with Crippen molar-refractivity contribution >= 4 is 11.7 Å². The molecule has 4 nitrogen and oxygen atoms in total. The normalized spacial score (nSPS) is 18.7. The molecule has 2 rings (SSSR count). The Labute approximate surface area is 126 Å². The Hall–Kier alpha value is -1.84. The van der Waals surface area contributed by atoms with E-state index in [1.165, 1.54) is 0 Å². The molecule has 1 heterocycles. The van der Waals surface area contributed by atoms with Gasteiger partial charge in [-0.15, -0.1) is 0 Å². The topological polar surface area (TPSA) is 46.6 Å². The van der Waals surface area contributed by atoms with Crippen LogP contribution in [0.5, 0.6) is 5.75 Å². The lowest BCUT2D eigenvalue weighted by atomic mass is 9.85. The van der Waals surface area contributed by atoms with Crippen LogP contribution in [0.15, 0.2) is 24.3 Å². The predicted octanol–water partition coefficient (Wildman–Crippen LogP) is 2.92. The number of carbonyl (C=O) groups is 2. The largest absolute Gasteiger partial charge is 0.497 e. The summed E-state index contributed by atoms with van der Waals surface area (Å²) in [5, 5.41) is 0. The lowest BCUT2D eigenvalue weighted by Gasteiger charge is -2.29. The van der Waals surface area contributed by atoms with Crippen LogP contribution in [0, 0.1) is 5.41 Å². The minimum atomic E-state index is -0.429. The average molecular weight is 289 g/mol. The van der Waals surface area contributed by atoms with Crippen LogP contribution in [0.3, 0.4) is 0 Å². The van der Waals surface area contributed by atoms with Crippen molar-refractivity contribution in [2.75, 3.05) is 13.7 Å². The molecule has 1 aromatic rings. The van der Waals surface area contributed by atoms with Gasteiger partial charge in [-0.1, -0.05) is 26.8 Å². The highest BCUT2D eigenvalue weighted by Gasteiger charge is 2.39. The molecular formula is C17H23NO3. The van der Waals surface area contributed by atoms with Crippen molar-refractivity contribution in [1.82, 2.24) is 4.90 Å². The molecule has 1 fully saturated rings. The highest BCUT2D eigenvalue weighted by molar-refractivity contribution is 5.99. The maximum Gasteiger partial charge on any atom is 0.254 e. The Morgan fingerprint density at radius 2 is 2.00 bits per heavy atom. The molecule has 1 atom stereocenters. The molecule has 0 saturated carbocycles. The van der Waals surface area contributed by atoms with Crippen LogP contribution in [-0.4, -0.2) is 36.3 Å². The summed E-state index contributed by atoms with van der Waals surface area (Å²) in [6.07, 6.45) is 1.63. The molecule has 21 heavy (non-hydrogen) atoms. The number of amides is 1. The van der Waals surface area contributed by atoms with Gasteiger partial charge in [0.25, 0.3) is 5.91 Å². The standard InChI is InChI=1S/C17H23NO3/c1-17(2,3)15(19)14-9-6-10-18(14)16(20)12-7-5-8-13(11-12)21-4/h5,7-8,11,14H,6,9-10H2,1-4H3/t14-/m0/s1. The van der Waals surface area contributed by atoms with E-state index in [4.69, 9.17) is 4.74 Å². The monoisotopic (exact) mass is 289 g/mol. The Morgan fingerprint density at radius 1 is 1.29 bits per heavy atom. The van der Waals surface area contributed by atoms with Crippen LogP contribution in [0.1, 0.15) is 44.0 Å². The van der Waals surface area contributed by atoms with Crippen LogP contribution in [0.25, 0.3) is 0 Å². The molecule has 0 aliphatic carbocycles. The zero-order valence-electron chi connectivity index (χ0n) is 13.2. The van der Waals surface area contributed by atoms with E-state index in [9.17, 15) is 9.59 Å². The van der Waals surface area contributed by atoms with E-state index in [2.05, 4.69) is 0 Å². The van der Waals surface area contributed by atoms with Crippen molar-refractivity contribution in [3.63, 3.8) is 0 Å². The van der Waals surface area contributed by atoms with E-state index in [1.54, 1.807) is 36.3 Å². The lowest BCUT2D eigenvalue weighted by Crippen LogP contribution is -2.44. The number of ketones is 1. The Balaban J connectivity index is 2.23. The second-order valence-electron chi connectivity index (χ2n) is 6.50. The minimum absolute atomic E-state index is 0.0889. The molecule has 0 aromatic heterocycles. The molecule has 114 valence electrons. The summed E-state index contributed by atoms with van der Waals surface area (Å²) < 4.78 is 5.16. The molecule has 0 spiro atoms. The number of carbonyl (C=O) groups excluding carboxylic acids is 2. The zero-order valence-corrected chi connectivity index (χ0v) is 13.2. The van der Waals surface area contributed by atoms with Crippen molar-refractivity contribution in [2.24, 2.45) is 5.41 Å². The number of ether oxygens (including phenoxy) is 1. The molecule has 0 unspecified atom stereocenters. The second-order valence-corrected chi connectivity index (χ2v) is 6.50. The predicted molar refractivity (Wildman–Crippen MR) is 81.5 cm³/mol. The first-order valence-electron chi connectivity index (χ1n) is 7.34. The maximum absolute atomic E-state index is 12.7. The van der Waals surface area contributed by atoms with Crippen LogP contribution in [0.4, 0.5) is 0 Å². The molecule has 0 radical (unpaired) electrons. The van der Waals surface area contributed by atoms with Gasteiger partial charge in [-0.05, 0) is 31.0 Å². The molecule has 1 aliphatic rings. The number of Topliss-reactive ketones (excluding diaryl/α,β-unsaturated/α-hetero) is 1. The summed E-state index contributed by atoms with van der Waals surface area (Å²) in [5.74, 6) is 0.698. The van der Waals surface area contributed by atoms with Gasteiger partial charge in [-0.2, -0.15) is 0 Å². The van der Waals surface area contributed by atoms with Crippen molar-refractivity contribution in [1.29, 1.82) is 0 Å². The molecule has 4 heteroatoms. The average Bonchev–Trinajstić information content (AvgIpc) is 2.93. The van der Waals surface area contributed by atoms with Gasteiger partial charge in [-0.25, -0.2) is 0 Å². The van der Waals surface area contributed by atoms with Gasteiger partial charge in [0, 0.05) is 17.5 Å². The van der Waals surface area contributed by atoms with Gasteiger partial charge in [0.1, 0.15) is 5.75 Å². The fraction of sp³-hybridized carbons (Fsp3) is 0.529. The molecule has 0 N–H and O–H groups in total. The van der Waals surface area contributed by atoms with E-state index in [1.807, 2.05) is 20.8 Å². The second kappa shape index (κ2) is 5.88. The fourth-order valence-corrected chi connectivity index (χ4v) is 2.70. The number of hydrogen-bond donors (Lipinski definition) is 0. The first-order valence-corrected chi connectivity index (χ1v) is 7.34. The number of methoxy groups -OCH3 is 1. The molecule has 1 amide bonds. The molecular weight excluding hydrogens is 266 g/mol. The van der Waals surface area contributed by atoms with E-state index in [0.29, 0.717) is 17.9 Å². The Bertz CT molecular complexity index is 545. The first-order chi connectivity index (χ1) is 9.84.